The third-order valence-electron chi connectivity index (χ3n) is 4.62. The molecule has 5 heteroatoms. The molecular weight excluding hydrogens is 416 g/mol. The second-order valence-corrected chi connectivity index (χ2v) is 7.67. The Bertz CT molecular complexity index is 1150. The van der Waals surface area contributed by atoms with E-state index in [1.165, 1.54) is 0 Å². The van der Waals surface area contributed by atoms with Gasteiger partial charge in [0.25, 0.3) is 5.91 Å². The van der Waals surface area contributed by atoms with Gasteiger partial charge >= 0.3 is 0 Å². The van der Waals surface area contributed by atoms with Crippen molar-refractivity contribution in [3.63, 3.8) is 0 Å². The number of hydrogen-bond acceptors (Lipinski definition) is 3. The molecule has 4 aromatic rings. The van der Waals surface area contributed by atoms with E-state index in [-0.39, 0.29) is 5.91 Å². The second-order valence-electron chi connectivity index (χ2n) is 6.75. The summed E-state index contributed by atoms with van der Waals surface area (Å²) in [6.07, 6.45) is 0. The van der Waals surface area contributed by atoms with Crippen molar-refractivity contribution in [1.82, 2.24) is 9.88 Å². The molecule has 0 aliphatic rings. The molecule has 140 valence electrons. The van der Waals surface area contributed by atoms with Crippen LogP contribution in [0.3, 0.4) is 0 Å². The van der Waals surface area contributed by atoms with Crippen LogP contribution in [0, 0.1) is 6.92 Å². The van der Waals surface area contributed by atoms with E-state index in [0.717, 1.165) is 38.2 Å². The highest BCUT2D eigenvalue weighted by Gasteiger charge is 2.18. The van der Waals surface area contributed by atoms with E-state index in [2.05, 4.69) is 15.9 Å². The molecule has 2 aromatic carbocycles. The third kappa shape index (κ3) is 3.71. The summed E-state index contributed by atoms with van der Waals surface area (Å²) in [6, 6.07) is 21.3. The van der Waals surface area contributed by atoms with Gasteiger partial charge in [0.2, 0.25) is 0 Å². The standard InChI is InChI=1S/C23H19BrN2O2/c1-15-7-12-18(28-15)14-26(2)23(27)20-13-22(16-8-10-17(24)11-9-16)25-21-6-4-3-5-19(20)21/h3-13H,14H2,1-2H3. The number of benzene rings is 2. The molecule has 0 saturated carbocycles. The molecule has 0 aliphatic carbocycles. The summed E-state index contributed by atoms with van der Waals surface area (Å²) < 4.78 is 6.62. The Morgan fingerprint density at radius 2 is 1.82 bits per heavy atom. The first-order valence-electron chi connectivity index (χ1n) is 8.98. The number of halogens is 1. The number of para-hydroxylation sites is 1. The van der Waals surface area contributed by atoms with E-state index in [9.17, 15) is 4.79 Å². The molecule has 0 spiro atoms. The summed E-state index contributed by atoms with van der Waals surface area (Å²) in [5, 5.41) is 0.843. The Kier molecular flexibility index (Phi) is 5.01. The molecule has 2 aromatic heterocycles. The van der Waals surface area contributed by atoms with Crippen LogP contribution in [-0.2, 0) is 6.54 Å². The zero-order chi connectivity index (χ0) is 19.7. The fourth-order valence-electron chi connectivity index (χ4n) is 3.20. The number of carbonyl (C=O) groups excluding carboxylic acids is 1. The van der Waals surface area contributed by atoms with E-state index in [1.807, 2.05) is 73.7 Å². The quantitative estimate of drug-likeness (QED) is 0.405. The van der Waals surface area contributed by atoms with E-state index in [4.69, 9.17) is 9.40 Å². The number of fused-ring (bicyclic) bond motifs is 1. The minimum atomic E-state index is -0.0639. The fraction of sp³-hybridized carbons (Fsp3) is 0.130. The molecule has 2 heterocycles. The first-order chi connectivity index (χ1) is 13.5. The summed E-state index contributed by atoms with van der Waals surface area (Å²) in [5.74, 6) is 1.54. The van der Waals surface area contributed by atoms with Gasteiger partial charge in [0.15, 0.2) is 0 Å². The first kappa shape index (κ1) is 18.4. The SMILES string of the molecule is Cc1ccc(CN(C)C(=O)c2cc(-c3ccc(Br)cc3)nc3ccccc23)o1. The van der Waals surface area contributed by atoms with Crippen LogP contribution in [0.4, 0.5) is 0 Å². The lowest BCUT2D eigenvalue weighted by Crippen LogP contribution is -2.26. The fourth-order valence-corrected chi connectivity index (χ4v) is 3.47. The first-order valence-corrected chi connectivity index (χ1v) is 9.77. The lowest BCUT2D eigenvalue weighted by Gasteiger charge is -2.18. The molecule has 28 heavy (non-hydrogen) atoms. The van der Waals surface area contributed by atoms with Gasteiger partial charge in [0, 0.05) is 22.5 Å². The van der Waals surface area contributed by atoms with Crippen LogP contribution in [0.5, 0.6) is 0 Å². The number of aryl methyl sites for hydroxylation is 1. The topological polar surface area (TPSA) is 46.3 Å². The van der Waals surface area contributed by atoms with Crippen molar-refractivity contribution < 1.29 is 9.21 Å². The van der Waals surface area contributed by atoms with Crippen LogP contribution < -0.4 is 0 Å². The Labute approximate surface area is 171 Å². The van der Waals surface area contributed by atoms with E-state index in [0.29, 0.717) is 12.1 Å². The van der Waals surface area contributed by atoms with Gasteiger partial charge in [-0.1, -0.05) is 46.3 Å². The monoisotopic (exact) mass is 434 g/mol. The van der Waals surface area contributed by atoms with Gasteiger partial charge in [-0.2, -0.15) is 0 Å². The highest BCUT2D eigenvalue weighted by Crippen LogP contribution is 2.27. The molecule has 4 rings (SSSR count). The van der Waals surface area contributed by atoms with Crippen molar-refractivity contribution in [3.05, 3.63) is 88.3 Å². The highest BCUT2D eigenvalue weighted by atomic mass is 79.9. The van der Waals surface area contributed by atoms with E-state index >= 15 is 0 Å². The van der Waals surface area contributed by atoms with Crippen molar-refractivity contribution >= 4 is 32.7 Å². The number of pyridine rings is 1. The van der Waals surface area contributed by atoms with Gasteiger partial charge in [-0.25, -0.2) is 4.98 Å². The second kappa shape index (κ2) is 7.60. The molecule has 0 radical (unpaired) electrons. The molecule has 1 amide bonds. The molecule has 0 fully saturated rings. The van der Waals surface area contributed by atoms with Crippen LogP contribution in [-0.4, -0.2) is 22.8 Å². The van der Waals surface area contributed by atoms with Crippen LogP contribution in [0.25, 0.3) is 22.2 Å². The summed E-state index contributed by atoms with van der Waals surface area (Å²) >= 11 is 3.46. The Morgan fingerprint density at radius 1 is 1.07 bits per heavy atom. The summed E-state index contributed by atoms with van der Waals surface area (Å²) in [4.78, 5) is 19.7. The minimum Gasteiger partial charge on any atom is -0.464 e. The average Bonchev–Trinajstić information content (AvgIpc) is 3.11. The summed E-state index contributed by atoms with van der Waals surface area (Å²) in [5.41, 5.74) is 3.17. The maximum Gasteiger partial charge on any atom is 0.254 e. The van der Waals surface area contributed by atoms with Crippen molar-refractivity contribution in [1.29, 1.82) is 0 Å². The van der Waals surface area contributed by atoms with Crippen molar-refractivity contribution in [2.75, 3.05) is 7.05 Å². The van der Waals surface area contributed by atoms with Crippen molar-refractivity contribution in [3.8, 4) is 11.3 Å². The molecule has 0 bridgehead atoms. The number of rotatable bonds is 4. The Balaban J connectivity index is 1.76. The van der Waals surface area contributed by atoms with E-state index in [1.54, 1.807) is 11.9 Å². The number of furan rings is 1. The third-order valence-corrected chi connectivity index (χ3v) is 5.15. The van der Waals surface area contributed by atoms with Crippen molar-refractivity contribution in [2.24, 2.45) is 0 Å². The minimum absolute atomic E-state index is 0.0639. The van der Waals surface area contributed by atoms with Gasteiger partial charge in [-0.3, -0.25) is 4.79 Å². The maximum atomic E-state index is 13.3. The van der Waals surface area contributed by atoms with Crippen LogP contribution in [0.2, 0.25) is 0 Å². The maximum absolute atomic E-state index is 13.3. The lowest BCUT2D eigenvalue weighted by atomic mass is 10.0. The molecule has 0 atom stereocenters. The molecule has 0 unspecified atom stereocenters. The van der Waals surface area contributed by atoms with Gasteiger partial charge in [-0.05, 0) is 43.3 Å². The largest absolute Gasteiger partial charge is 0.464 e. The predicted molar refractivity (Wildman–Crippen MR) is 114 cm³/mol. The zero-order valence-corrected chi connectivity index (χ0v) is 17.2. The van der Waals surface area contributed by atoms with Gasteiger partial charge in [-0.15, -0.1) is 0 Å². The predicted octanol–water partition coefficient (Wildman–Crippen LogP) is 5.84. The number of hydrogen-bond donors (Lipinski definition) is 0. The number of amides is 1. The van der Waals surface area contributed by atoms with Gasteiger partial charge < -0.3 is 9.32 Å². The van der Waals surface area contributed by atoms with Crippen molar-refractivity contribution in [2.45, 2.75) is 13.5 Å². The Morgan fingerprint density at radius 3 is 2.54 bits per heavy atom. The molecular formula is C23H19BrN2O2. The zero-order valence-electron chi connectivity index (χ0n) is 15.6. The normalized spacial score (nSPS) is 11.0. The number of nitrogens with zero attached hydrogens (tertiary/aromatic N) is 2. The summed E-state index contributed by atoms with van der Waals surface area (Å²) in [6.45, 7) is 2.31. The average molecular weight is 435 g/mol. The Hall–Kier alpha value is -2.92. The smallest absolute Gasteiger partial charge is 0.254 e. The summed E-state index contributed by atoms with van der Waals surface area (Å²) in [7, 11) is 1.79. The number of carbonyl (C=O) groups is 1. The molecule has 4 nitrogen and oxygen atoms in total. The van der Waals surface area contributed by atoms with Crippen LogP contribution in [0.15, 0.2) is 75.6 Å². The van der Waals surface area contributed by atoms with Gasteiger partial charge in [0.05, 0.1) is 23.3 Å². The van der Waals surface area contributed by atoms with Crippen LogP contribution >= 0.6 is 15.9 Å². The molecule has 0 aliphatic heterocycles. The molecule has 0 N–H and O–H groups in total. The van der Waals surface area contributed by atoms with E-state index < -0.39 is 0 Å². The van der Waals surface area contributed by atoms with Gasteiger partial charge in [0.1, 0.15) is 11.5 Å². The molecule has 0 saturated heterocycles. The highest BCUT2D eigenvalue weighted by molar-refractivity contribution is 9.10. The lowest BCUT2D eigenvalue weighted by molar-refractivity contribution is 0.0777. The number of aromatic nitrogens is 1. The van der Waals surface area contributed by atoms with Crippen LogP contribution in [0.1, 0.15) is 21.9 Å².